The summed E-state index contributed by atoms with van der Waals surface area (Å²) in [5.74, 6) is -1.20. The molecule has 31 heavy (non-hydrogen) atoms. The van der Waals surface area contributed by atoms with Crippen LogP contribution in [0.2, 0.25) is 0 Å². The summed E-state index contributed by atoms with van der Waals surface area (Å²) >= 11 is 0. The molecule has 4 rings (SSSR count). The van der Waals surface area contributed by atoms with Crippen LogP contribution in [0.5, 0.6) is 0 Å². The van der Waals surface area contributed by atoms with E-state index in [1.54, 1.807) is 25.6 Å². The van der Waals surface area contributed by atoms with Crippen molar-refractivity contribution in [3.8, 4) is 5.69 Å². The first kappa shape index (κ1) is 20.1. The lowest BCUT2D eigenvalue weighted by Gasteiger charge is -2.10. The van der Waals surface area contributed by atoms with Gasteiger partial charge in [0.25, 0.3) is 17.4 Å². The quantitative estimate of drug-likeness (QED) is 0.479. The Morgan fingerprint density at radius 3 is 2.39 bits per heavy atom. The van der Waals surface area contributed by atoms with Crippen molar-refractivity contribution in [2.45, 2.75) is 19.9 Å². The number of aromatic nitrogens is 3. The molecule has 10 heteroatoms. The number of hydrogen-bond acceptors (Lipinski definition) is 7. The fraction of sp³-hybridized carbons (Fsp3) is 0.190. The summed E-state index contributed by atoms with van der Waals surface area (Å²) in [6, 6.07) is 11.0. The summed E-state index contributed by atoms with van der Waals surface area (Å²) in [6.45, 7) is 3.33. The summed E-state index contributed by atoms with van der Waals surface area (Å²) < 4.78 is 3.14. The Kier molecular flexibility index (Phi) is 5.12. The molecule has 1 aromatic carbocycles. The van der Waals surface area contributed by atoms with E-state index in [1.807, 2.05) is 30.3 Å². The van der Waals surface area contributed by atoms with Crippen LogP contribution >= 0.6 is 0 Å². The molecular weight excluding hydrogens is 398 g/mol. The number of carbonyl (C=O) groups excluding carboxylic acids is 2. The molecule has 1 unspecified atom stereocenters. The Bertz CT molecular complexity index is 1270. The van der Waals surface area contributed by atoms with Crippen molar-refractivity contribution in [1.82, 2.24) is 19.4 Å². The maximum atomic E-state index is 12.9. The van der Waals surface area contributed by atoms with Crippen LogP contribution in [0.15, 0.2) is 75.0 Å². The van der Waals surface area contributed by atoms with Crippen LogP contribution in [0.25, 0.3) is 5.69 Å². The third kappa shape index (κ3) is 3.48. The molecule has 0 fully saturated rings. The van der Waals surface area contributed by atoms with Gasteiger partial charge in [0, 0.05) is 25.0 Å². The third-order valence-electron chi connectivity index (χ3n) is 5.01. The van der Waals surface area contributed by atoms with Crippen LogP contribution in [0.1, 0.15) is 23.0 Å². The first-order valence-corrected chi connectivity index (χ1v) is 9.48. The Balaban J connectivity index is 1.63. The average molecular weight is 417 g/mol. The van der Waals surface area contributed by atoms with E-state index < -0.39 is 17.9 Å². The number of rotatable bonds is 4. The van der Waals surface area contributed by atoms with Crippen LogP contribution in [-0.2, 0) is 11.8 Å². The summed E-state index contributed by atoms with van der Waals surface area (Å²) in [5.41, 5.74) is 1.62. The van der Waals surface area contributed by atoms with E-state index in [0.717, 1.165) is 5.01 Å². The molecule has 0 spiro atoms. The molecule has 0 bridgehead atoms. The first-order valence-electron chi connectivity index (χ1n) is 9.48. The lowest BCUT2D eigenvalue weighted by molar-refractivity contribution is -0.127. The first-order chi connectivity index (χ1) is 14.9. The molecule has 0 aliphatic carbocycles. The second-order valence-corrected chi connectivity index (χ2v) is 6.96. The van der Waals surface area contributed by atoms with Gasteiger partial charge in [-0.05, 0) is 38.1 Å². The molecule has 3 aromatic rings. The minimum absolute atomic E-state index is 0.117. The van der Waals surface area contributed by atoms with Gasteiger partial charge in [-0.15, -0.1) is 5.11 Å². The maximum Gasteiger partial charge on any atom is 0.299 e. The third-order valence-corrected chi connectivity index (χ3v) is 5.01. The Morgan fingerprint density at radius 1 is 1.03 bits per heavy atom. The minimum Gasteiger partial charge on any atom is -0.283 e. The van der Waals surface area contributed by atoms with Crippen molar-refractivity contribution >= 4 is 23.2 Å². The molecule has 0 saturated heterocycles. The van der Waals surface area contributed by atoms with Gasteiger partial charge >= 0.3 is 0 Å². The largest absolute Gasteiger partial charge is 0.299 e. The van der Waals surface area contributed by atoms with Gasteiger partial charge in [-0.2, -0.15) is 15.2 Å². The van der Waals surface area contributed by atoms with E-state index in [1.165, 1.54) is 29.2 Å². The predicted molar refractivity (Wildman–Crippen MR) is 113 cm³/mol. The monoisotopic (exact) mass is 417 g/mol. The average Bonchev–Trinajstić information content (AvgIpc) is 3.19. The number of amides is 2. The zero-order valence-electron chi connectivity index (χ0n) is 17.1. The van der Waals surface area contributed by atoms with Gasteiger partial charge in [0.15, 0.2) is 11.7 Å². The van der Waals surface area contributed by atoms with Gasteiger partial charge in [0.05, 0.1) is 17.1 Å². The molecule has 0 saturated carbocycles. The molecule has 10 nitrogen and oxygen atoms in total. The van der Waals surface area contributed by atoms with E-state index in [2.05, 4.69) is 20.3 Å². The van der Waals surface area contributed by atoms with Gasteiger partial charge in [0.2, 0.25) is 0 Å². The number of para-hydroxylation sites is 1. The van der Waals surface area contributed by atoms with E-state index in [4.69, 9.17) is 0 Å². The second-order valence-electron chi connectivity index (χ2n) is 6.96. The molecule has 2 aromatic heterocycles. The Hall–Kier alpha value is -4.21. The summed E-state index contributed by atoms with van der Waals surface area (Å²) in [6.07, 6.45) is 2.91. The number of hydrazone groups is 1. The lowest BCUT2D eigenvalue weighted by atomic mass is 10.2. The number of benzene rings is 1. The van der Waals surface area contributed by atoms with E-state index >= 15 is 0 Å². The molecule has 1 aliphatic rings. The van der Waals surface area contributed by atoms with Crippen molar-refractivity contribution in [3.63, 3.8) is 0 Å². The van der Waals surface area contributed by atoms with Crippen LogP contribution < -0.4 is 5.56 Å². The summed E-state index contributed by atoms with van der Waals surface area (Å²) in [5, 5.41) is 13.0. The van der Waals surface area contributed by atoms with Gasteiger partial charge < -0.3 is 0 Å². The van der Waals surface area contributed by atoms with Crippen molar-refractivity contribution < 1.29 is 9.59 Å². The zero-order valence-corrected chi connectivity index (χ0v) is 17.1. The van der Waals surface area contributed by atoms with Crippen LogP contribution in [0.3, 0.4) is 0 Å². The highest BCUT2D eigenvalue weighted by atomic mass is 16.2. The van der Waals surface area contributed by atoms with Crippen molar-refractivity contribution in [1.29, 1.82) is 0 Å². The maximum absolute atomic E-state index is 12.9. The minimum atomic E-state index is -1.07. The highest BCUT2D eigenvalue weighted by Gasteiger charge is 2.38. The Labute approximate surface area is 177 Å². The molecule has 2 amide bonds. The molecular formula is C21H19N7O3. The van der Waals surface area contributed by atoms with Crippen LogP contribution in [0, 0.1) is 6.92 Å². The van der Waals surface area contributed by atoms with Gasteiger partial charge in [-0.1, -0.05) is 18.2 Å². The van der Waals surface area contributed by atoms with Crippen molar-refractivity contribution in [3.05, 3.63) is 76.5 Å². The molecule has 1 atom stereocenters. The second kappa shape index (κ2) is 7.90. The van der Waals surface area contributed by atoms with E-state index in [-0.39, 0.29) is 16.8 Å². The normalized spacial score (nSPS) is 16.2. The van der Waals surface area contributed by atoms with Crippen LogP contribution in [-0.4, -0.2) is 42.9 Å². The fourth-order valence-corrected chi connectivity index (χ4v) is 3.24. The molecule has 156 valence electrons. The smallest absolute Gasteiger partial charge is 0.283 e. The summed E-state index contributed by atoms with van der Waals surface area (Å²) in [7, 11) is 1.74. The topological polar surface area (TPSA) is 114 Å². The SMILES string of the molecule is CC1=NN(C(=O)c2ccncc2)C(=O)C1N=Nc1c(C)n(C)n(-c2ccccc2)c1=O. The molecule has 0 N–H and O–H groups in total. The van der Waals surface area contributed by atoms with E-state index in [0.29, 0.717) is 17.1 Å². The standard InChI is InChI=1S/C21H19N7O3/c1-13-17(20(30)27(25-13)19(29)15-9-11-22-12-10-15)23-24-18-14(2)26(3)28(21(18)31)16-7-5-4-6-8-16/h4-12,17H,1-3H3. The van der Waals surface area contributed by atoms with Crippen LogP contribution in [0.4, 0.5) is 5.69 Å². The number of nitrogens with zero attached hydrogens (tertiary/aromatic N) is 7. The van der Waals surface area contributed by atoms with Crippen molar-refractivity contribution in [2.75, 3.05) is 0 Å². The number of carbonyl (C=O) groups is 2. The number of imide groups is 1. The number of azo groups is 1. The number of pyridine rings is 1. The Morgan fingerprint density at radius 2 is 1.71 bits per heavy atom. The fourth-order valence-electron chi connectivity index (χ4n) is 3.24. The van der Waals surface area contributed by atoms with Gasteiger partial charge in [0.1, 0.15) is 0 Å². The van der Waals surface area contributed by atoms with Gasteiger partial charge in [-0.25, -0.2) is 4.68 Å². The summed E-state index contributed by atoms with van der Waals surface area (Å²) in [4.78, 5) is 42.1. The van der Waals surface area contributed by atoms with Gasteiger partial charge in [-0.3, -0.25) is 24.0 Å². The highest BCUT2D eigenvalue weighted by molar-refractivity contribution is 6.18. The van der Waals surface area contributed by atoms with Crippen molar-refractivity contribution in [2.24, 2.45) is 22.4 Å². The molecule has 1 aliphatic heterocycles. The predicted octanol–water partition coefficient (Wildman–Crippen LogP) is 2.39. The molecule has 0 radical (unpaired) electrons. The zero-order chi connectivity index (χ0) is 22.1. The lowest BCUT2D eigenvalue weighted by Crippen LogP contribution is -2.34. The van der Waals surface area contributed by atoms with E-state index in [9.17, 15) is 14.4 Å². The molecule has 3 heterocycles. The highest BCUT2D eigenvalue weighted by Crippen LogP contribution is 2.21. The number of hydrogen-bond donors (Lipinski definition) is 0.